The van der Waals surface area contributed by atoms with Gasteiger partial charge in [0.15, 0.2) is 0 Å². The van der Waals surface area contributed by atoms with E-state index in [1.54, 1.807) is 12.1 Å². The van der Waals surface area contributed by atoms with E-state index in [9.17, 15) is 9.18 Å². The molecule has 4 heteroatoms. The minimum atomic E-state index is -0.439. The van der Waals surface area contributed by atoms with Crippen molar-refractivity contribution < 1.29 is 19.0 Å². The second-order valence-electron chi connectivity index (χ2n) is 8.55. The molecule has 2 fully saturated rings. The summed E-state index contributed by atoms with van der Waals surface area (Å²) in [5.41, 5.74) is 0.954. The molecule has 1 aromatic rings. The zero-order chi connectivity index (χ0) is 19.4. The number of benzene rings is 1. The van der Waals surface area contributed by atoms with E-state index in [4.69, 9.17) is 9.84 Å². The lowest BCUT2D eigenvalue weighted by atomic mass is 9.70. The SMILES string of the molecule is CCCC1CCC(C(C)C2CCC(c3ccc(CO)c(F)c3)OC2=O)CC1. The van der Waals surface area contributed by atoms with Crippen LogP contribution in [0.5, 0.6) is 0 Å². The zero-order valence-electron chi connectivity index (χ0n) is 16.6. The van der Waals surface area contributed by atoms with Crippen LogP contribution in [0.3, 0.4) is 0 Å². The van der Waals surface area contributed by atoms with Gasteiger partial charge in [0.25, 0.3) is 0 Å². The standard InChI is InChI=1S/C23H33FO3/c1-3-4-16-5-7-17(8-6-16)15(2)20-11-12-22(27-23(20)26)18-9-10-19(14-25)21(24)13-18/h9-10,13,15-17,20,22,25H,3-8,11-12,14H2,1-2H3. The molecular formula is C23H33FO3. The molecule has 1 saturated heterocycles. The highest BCUT2D eigenvalue weighted by Gasteiger charge is 2.38. The second kappa shape index (κ2) is 9.18. The topological polar surface area (TPSA) is 46.5 Å². The number of rotatable bonds is 6. The molecule has 2 aliphatic rings. The lowest BCUT2D eigenvalue weighted by Gasteiger charge is -2.38. The van der Waals surface area contributed by atoms with Gasteiger partial charge < -0.3 is 9.84 Å². The summed E-state index contributed by atoms with van der Waals surface area (Å²) >= 11 is 0. The number of carbonyl (C=O) groups is 1. The summed E-state index contributed by atoms with van der Waals surface area (Å²) in [6.07, 6.45) is 8.82. The summed E-state index contributed by atoms with van der Waals surface area (Å²) < 4.78 is 19.7. The van der Waals surface area contributed by atoms with Crippen molar-refractivity contribution in [1.82, 2.24) is 0 Å². The van der Waals surface area contributed by atoms with Crippen molar-refractivity contribution in [2.24, 2.45) is 23.7 Å². The van der Waals surface area contributed by atoms with Crippen LogP contribution in [0.2, 0.25) is 0 Å². The largest absolute Gasteiger partial charge is 0.457 e. The number of aliphatic hydroxyl groups is 1. The maximum Gasteiger partial charge on any atom is 0.309 e. The van der Waals surface area contributed by atoms with Crippen molar-refractivity contribution in [2.45, 2.75) is 77.9 Å². The first-order chi connectivity index (χ1) is 13.0. The highest BCUT2D eigenvalue weighted by Crippen LogP contribution is 2.42. The van der Waals surface area contributed by atoms with Gasteiger partial charge >= 0.3 is 5.97 Å². The number of halogens is 1. The van der Waals surface area contributed by atoms with Crippen molar-refractivity contribution in [1.29, 1.82) is 0 Å². The van der Waals surface area contributed by atoms with Gasteiger partial charge in [-0.05, 0) is 55.1 Å². The lowest BCUT2D eigenvalue weighted by molar-refractivity contribution is -0.164. The van der Waals surface area contributed by atoms with Crippen molar-refractivity contribution in [3.63, 3.8) is 0 Å². The number of cyclic esters (lactones) is 1. The minimum absolute atomic E-state index is 0.0319. The first-order valence-electron chi connectivity index (χ1n) is 10.6. The van der Waals surface area contributed by atoms with Gasteiger partial charge in [0.05, 0.1) is 12.5 Å². The third-order valence-electron chi connectivity index (χ3n) is 6.89. The molecule has 0 radical (unpaired) electrons. The van der Waals surface area contributed by atoms with Crippen LogP contribution >= 0.6 is 0 Å². The summed E-state index contributed by atoms with van der Waals surface area (Å²) in [4.78, 5) is 12.7. The average molecular weight is 377 g/mol. The van der Waals surface area contributed by atoms with Crippen molar-refractivity contribution in [2.75, 3.05) is 0 Å². The molecule has 3 rings (SSSR count). The predicted molar refractivity (Wildman–Crippen MR) is 103 cm³/mol. The maximum atomic E-state index is 13.9. The molecule has 1 aromatic carbocycles. The van der Waals surface area contributed by atoms with Crippen molar-refractivity contribution in [3.8, 4) is 0 Å². The van der Waals surface area contributed by atoms with Gasteiger partial charge in [0.1, 0.15) is 11.9 Å². The Balaban J connectivity index is 1.57. The molecule has 0 spiro atoms. The molecule has 0 amide bonds. The average Bonchev–Trinajstić information content (AvgIpc) is 2.68. The van der Waals surface area contributed by atoms with Crippen LogP contribution in [0, 0.1) is 29.5 Å². The smallest absolute Gasteiger partial charge is 0.309 e. The third kappa shape index (κ3) is 4.71. The molecule has 0 bridgehead atoms. The molecule has 27 heavy (non-hydrogen) atoms. The fraction of sp³-hybridized carbons (Fsp3) is 0.696. The molecule has 1 heterocycles. The molecular weight excluding hydrogens is 343 g/mol. The van der Waals surface area contributed by atoms with E-state index < -0.39 is 5.82 Å². The number of hydrogen-bond donors (Lipinski definition) is 1. The minimum Gasteiger partial charge on any atom is -0.457 e. The second-order valence-corrected chi connectivity index (χ2v) is 8.55. The van der Waals surface area contributed by atoms with Crippen LogP contribution in [0.1, 0.15) is 82.4 Å². The highest BCUT2D eigenvalue weighted by molar-refractivity contribution is 5.74. The van der Waals surface area contributed by atoms with E-state index in [2.05, 4.69) is 13.8 Å². The lowest BCUT2D eigenvalue weighted by Crippen LogP contribution is -2.35. The first kappa shape index (κ1) is 20.3. The summed E-state index contributed by atoms with van der Waals surface area (Å²) in [7, 11) is 0. The molecule has 150 valence electrons. The van der Waals surface area contributed by atoms with Crippen molar-refractivity contribution in [3.05, 3.63) is 35.1 Å². The van der Waals surface area contributed by atoms with E-state index in [-0.39, 0.29) is 30.2 Å². The summed E-state index contributed by atoms with van der Waals surface area (Å²) in [6, 6.07) is 4.72. The van der Waals surface area contributed by atoms with Crippen LogP contribution in [0.15, 0.2) is 18.2 Å². The number of esters is 1. The molecule has 3 atom stereocenters. The monoisotopic (exact) mass is 376 g/mol. The Labute approximate surface area is 162 Å². The predicted octanol–water partition coefficient (Wildman–Crippen LogP) is 5.55. The van der Waals surface area contributed by atoms with Crippen molar-refractivity contribution >= 4 is 5.97 Å². The van der Waals surface area contributed by atoms with Gasteiger partial charge in [-0.1, -0.05) is 51.7 Å². The van der Waals surface area contributed by atoms with Crippen LogP contribution < -0.4 is 0 Å². The normalized spacial score (nSPS) is 30.0. The van der Waals surface area contributed by atoms with Gasteiger partial charge in [-0.2, -0.15) is 0 Å². The van der Waals surface area contributed by atoms with E-state index in [1.807, 2.05) is 0 Å². The van der Waals surface area contributed by atoms with Gasteiger partial charge in [-0.15, -0.1) is 0 Å². The van der Waals surface area contributed by atoms with Crippen LogP contribution in [0.25, 0.3) is 0 Å². The zero-order valence-corrected chi connectivity index (χ0v) is 16.6. The van der Waals surface area contributed by atoms with Gasteiger partial charge in [0.2, 0.25) is 0 Å². The number of ether oxygens (including phenoxy) is 1. The molecule has 1 saturated carbocycles. The number of aliphatic hydroxyl groups excluding tert-OH is 1. The molecule has 1 N–H and O–H groups in total. The van der Waals surface area contributed by atoms with Gasteiger partial charge in [-0.25, -0.2) is 4.39 Å². The third-order valence-corrected chi connectivity index (χ3v) is 6.89. The number of hydrogen-bond acceptors (Lipinski definition) is 3. The molecule has 0 aromatic heterocycles. The van der Waals surface area contributed by atoms with Crippen LogP contribution in [-0.4, -0.2) is 11.1 Å². The Bertz CT molecular complexity index is 637. The van der Waals surface area contributed by atoms with Gasteiger partial charge in [-0.3, -0.25) is 4.79 Å². The first-order valence-corrected chi connectivity index (χ1v) is 10.6. The molecule has 3 nitrogen and oxygen atoms in total. The quantitative estimate of drug-likeness (QED) is 0.662. The Morgan fingerprint density at radius 1 is 1.19 bits per heavy atom. The Hall–Kier alpha value is -1.42. The fourth-order valence-electron chi connectivity index (χ4n) is 5.08. The Kier molecular flexibility index (Phi) is 6.91. The Morgan fingerprint density at radius 3 is 2.52 bits per heavy atom. The summed E-state index contributed by atoms with van der Waals surface area (Å²) in [5, 5.41) is 9.10. The molecule has 1 aliphatic heterocycles. The Morgan fingerprint density at radius 2 is 1.93 bits per heavy atom. The molecule has 3 unspecified atom stereocenters. The summed E-state index contributed by atoms with van der Waals surface area (Å²) in [6.45, 7) is 4.15. The molecule has 1 aliphatic carbocycles. The summed E-state index contributed by atoms with van der Waals surface area (Å²) in [5.74, 6) is 1.25. The van der Waals surface area contributed by atoms with Crippen LogP contribution in [0.4, 0.5) is 4.39 Å². The van der Waals surface area contributed by atoms with E-state index in [1.165, 1.54) is 44.6 Å². The van der Waals surface area contributed by atoms with E-state index >= 15 is 0 Å². The maximum absolute atomic E-state index is 13.9. The van der Waals surface area contributed by atoms with Gasteiger partial charge in [0, 0.05) is 5.56 Å². The highest BCUT2D eigenvalue weighted by atomic mass is 19.1. The van der Waals surface area contributed by atoms with E-state index in [0.29, 0.717) is 17.4 Å². The van der Waals surface area contributed by atoms with Crippen LogP contribution in [-0.2, 0) is 16.1 Å². The number of carbonyl (C=O) groups excluding carboxylic acids is 1. The van der Waals surface area contributed by atoms with E-state index in [0.717, 1.165) is 18.8 Å². The fourth-order valence-corrected chi connectivity index (χ4v) is 5.08.